The molecule has 2 spiro atoms. The first-order valence-corrected chi connectivity index (χ1v) is 16.6. The minimum Gasteiger partial charge on any atom is -0.390 e. The summed E-state index contributed by atoms with van der Waals surface area (Å²) in [5.41, 5.74) is -1.22. The summed E-state index contributed by atoms with van der Waals surface area (Å²) < 4.78 is 26.7. The molecule has 232 valence electrons. The molecule has 9 heteroatoms. The van der Waals surface area contributed by atoms with Gasteiger partial charge in [-0.25, -0.2) is 19.6 Å². The molecule has 2 unspecified atom stereocenters. The van der Waals surface area contributed by atoms with Crippen LogP contribution in [-0.2, 0) is 38.5 Å². The molecule has 41 heavy (non-hydrogen) atoms. The van der Waals surface area contributed by atoms with Gasteiger partial charge in [0, 0.05) is 31.1 Å². The molecule has 10 fully saturated rings. The molecule has 10 rings (SSSR count). The summed E-state index contributed by atoms with van der Waals surface area (Å²) in [6.45, 7) is 13.0. The smallest absolute Gasteiger partial charge is 0.201 e. The van der Waals surface area contributed by atoms with Crippen LogP contribution in [0.3, 0.4) is 0 Å². The van der Waals surface area contributed by atoms with Crippen molar-refractivity contribution in [2.24, 2.45) is 47.3 Å². The van der Waals surface area contributed by atoms with Crippen LogP contribution in [0.25, 0.3) is 0 Å². The zero-order valence-corrected chi connectivity index (χ0v) is 25.6. The first-order valence-electron chi connectivity index (χ1n) is 16.6. The van der Waals surface area contributed by atoms with Gasteiger partial charge in [0.1, 0.15) is 0 Å². The van der Waals surface area contributed by atoms with E-state index in [4.69, 9.17) is 38.5 Å². The van der Waals surface area contributed by atoms with Crippen molar-refractivity contribution in [1.29, 1.82) is 0 Å². The summed E-state index contributed by atoms with van der Waals surface area (Å²) >= 11 is 0. The molecular formula is C32H50O9. The molecule has 0 aromatic carbocycles. The van der Waals surface area contributed by atoms with Gasteiger partial charge in [-0.05, 0) is 87.9 Å². The highest BCUT2D eigenvalue weighted by molar-refractivity contribution is 5.12. The fourth-order valence-electron chi connectivity index (χ4n) is 11.0. The Labute approximate surface area is 244 Å². The average molecular weight is 579 g/mol. The lowest BCUT2D eigenvalue weighted by atomic mass is 9.56. The zero-order chi connectivity index (χ0) is 28.5. The lowest BCUT2D eigenvalue weighted by Crippen LogP contribution is -2.72. The highest BCUT2D eigenvalue weighted by Gasteiger charge is 2.71. The Morgan fingerprint density at radius 2 is 1.15 bits per heavy atom. The number of hydrogen-bond donors (Lipinski definition) is 1. The number of hydrogen-bond acceptors (Lipinski definition) is 9. The highest BCUT2D eigenvalue weighted by Crippen LogP contribution is 2.63. The molecule has 0 radical (unpaired) electrons. The van der Waals surface area contributed by atoms with Gasteiger partial charge in [-0.1, -0.05) is 27.7 Å². The highest BCUT2D eigenvalue weighted by atomic mass is 17.3. The number of aliphatic hydroxyl groups excluding tert-OH is 1. The van der Waals surface area contributed by atoms with Gasteiger partial charge in [-0.2, -0.15) is 0 Å². The minimum absolute atomic E-state index is 0.0804. The maximum atomic E-state index is 11.9. The van der Waals surface area contributed by atoms with Crippen LogP contribution in [-0.4, -0.2) is 58.8 Å². The third kappa shape index (κ3) is 3.80. The quantitative estimate of drug-likeness (QED) is 0.451. The molecule has 10 aliphatic rings. The van der Waals surface area contributed by atoms with E-state index in [9.17, 15) is 5.11 Å². The van der Waals surface area contributed by atoms with Crippen LogP contribution in [0.4, 0.5) is 0 Å². The third-order valence-corrected chi connectivity index (χ3v) is 13.4. The molecule has 4 bridgehead atoms. The molecule has 9 nitrogen and oxygen atoms in total. The van der Waals surface area contributed by atoms with Crippen LogP contribution >= 0.6 is 0 Å². The van der Waals surface area contributed by atoms with Crippen molar-refractivity contribution in [2.75, 3.05) is 0 Å². The third-order valence-electron chi connectivity index (χ3n) is 13.4. The number of aliphatic hydroxyl groups is 1. The van der Waals surface area contributed by atoms with Crippen molar-refractivity contribution >= 4 is 0 Å². The van der Waals surface area contributed by atoms with Crippen molar-refractivity contribution in [1.82, 2.24) is 0 Å². The molecule has 0 amide bonds. The van der Waals surface area contributed by atoms with Gasteiger partial charge in [-0.3, -0.25) is 0 Å². The lowest BCUT2D eigenvalue weighted by molar-refractivity contribution is -0.573. The molecule has 1 N–H and O–H groups in total. The van der Waals surface area contributed by atoms with E-state index in [-0.39, 0.29) is 35.9 Å². The molecule has 8 heterocycles. The Balaban J connectivity index is 1.06. The summed E-state index contributed by atoms with van der Waals surface area (Å²) in [6, 6.07) is 0. The van der Waals surface area contributed by atoms with Gasteiger partial charge in [0.05, 0.1) is 18.3 Å². The van der Waals surface area contributed by atoms with Gasteiger partial charge < -0.3 is 24.1 Å². The van der Waals surface area contributed by atoms with Crippen LogP contribution in [0, 0.1) is 47.3 Å². The number of ether oxygens (including phenoxy) is 4. The van der Waals surface area contributed by atoms with E-state index in [2.05, 4.69) is 27.7 Å². The van der Waals surface area contributed by atoms with Crippen LogP contribution in [0.1, 0.15) is 99.3 Å². The molecule has 0 aromatic heterocycles. The number of rotatable bonds is 3. The normalized spacial score (nSPS) is 61.8. The second-order valence-corrected chi connectivity index (χ2v) is 15.6. The van der Waals surface area contributed by atoms with Gasteiger partial charge >= 0.3 is 0 Å². The fourth-order valence-corrected chi connectivity index (χ4v) is 11.0. The van der Waals surface area contributed by atoms with Crippen LogP contribution in [0.5, 0.6) is 0 Å². The fraction of sp³-hybridized carbons (Fsp3) is 1.00. The van der Waals surface area contributed by atoms with Gasteiger partial charge in [0.2, 0.25) is 11.6 Å². The van der Waals surface area contributed by atoms with Crippen LogP contribution in [0.2, 0.25) is 0 Å². The average Bonchev–Trinajstić information content (AvgIpc) is 3.31. The van der Waals surface area contributed by atoms with Gasteiger partial charge in [-0.15, -0.1) is 0 Å². The monoisotopic (exact) mass is 578 g/mol. The predicted molar refractivity (Wildman–Crippen MR) is 144 cm³/mol. The van der Waals surface area contributed by atoms with Crippen molar-refractivity contribution < 1.29 is 43.6 Å². The van der Waals surface area contributed by atoms with Crippen LogP contribution in [0.15, 0.2) is 0 Å². The van der Waals surface area contributed by atoms with Crippen LogP contribution < -0.4 is 0 Å². The first-order chi connectivity index (χ1) is 19.5. The molecule has 2 aliphatic carbocycles. The maximum Gasteiger partial charge on any atom is 0.201 e. The predicted octanol–water partition coefficient (Wildman–Crippen LogP) is 5.24. The largest absolute Gasteiger partial charge is 0.390 e. The summed E-state index contributed by atoms with van der Waals surface area (Å²) in [6.07, 6.45) is 6.07. The number of fused-ring (bicyclic) bond motifs is 4. The van der Waals surface area contributed by atoms with E-state index in [1.54, 1.807) is 0 Å². The standard InChI is InChI=1S/C32H50O9/c1-16-7-9-22-18(3)25(34-27-31(22)20(16)11-13-29(5,36-27)38-40-31)15-24(33)26-19(4)23-10-8-17(2)21-12-14-30(6)37-28(35-26)32(21,23)41-39-30/h16-28,33H,7-15H2,1-6H3/t16-,17-,18-,19-,20+,21+,22+,23+,24+,25-,26+,27-,28-,29?,30?,31-,32-/m1/s1. The van der Waals surface area contributed by atoms with E-state index in [0.29, 0.717) is 30.1 Å². The van der Waals surface area contributed by atoms with E-state index in [0.717, 1.165) is 51.4 Å². The van der Waals surface area contributed by atoms with Gasteiger partial charge in [0.25, 0.3) is 0 Å². The Kier molecular flexibility index (Phi) is 6.40. The second kappa shape index (κ2) is 9.33. The van der Waals surface area contributed by atoms with Crippen molar-refractivity contribution in [3.8, 4) is 0 Å². The first kappa shape index (κ1) is 28.1. The minimum atomic E-state index is -0.827. The Bertz CT molecular complexity index is 1040. The zero-order valence-electron chi connectivity index (χ0n) is 25.6. The lowest BCUT2D eigenvalue weighted by Gasteiger charge is -2.62. The van der Waals surface area contributed by atoms with Gasteiger partial charge in [0.15, 0.2) is 23.8 Å². The molecular weight excluding hydrogens is 528 g/mol. The van der Waals surface area contributed by atoms with Crippen molar-refractivity contribution in [3.63, 3.8) is 0 Å². The van der Waals surface area contributed by atoms with E-state index < -0.39 is 41.5 Å². The molecule has 8 aliphatic heterocycles. The molecule has 2 saturated carbocycles. The van der Waals surface area contributed by atoms with E-state index in [1.165, 1.54) is 0 Å². The van der Waals surface area contributed by atoms with Crippen molar-refractivity contribution in [3.05, 3.63) is 0 Å². The Morgan fingerprint density at radius 3 is 1.71 bits per heavy atom. The molecule has 17 atom stereocenters. The van der Waals surface area contributed by atoms with E-state index in [1.807, 2.05) is 13.8 Å². The topological polar surface area (TPSA) is 94.1 Å². The SMILES string of the molecule is C[C@H]1[C@@H]([C@@H](O)C[C@H]2O[C@@H]3OC4(C)CC[C@H]5[C@H](C)CC[C@@H]([C@H]2C)[C@@]35OO4)O[C@@H]2OC3(C)CC[C@H]4[C@H](C)CC[C@@H]1[C@@]24OO3. The second-order valence-electron chi connectivity index (χ2n) is 15.6. The summed E-state index contributed by atoms with van der Waals surface area (Å²) in [5.74, 6) is 0.712. The Morgan fingerprint density at radius 1 is 0.634 bits per heavy atom. The molecule has 8 saturated heterocycles. The summed E-state index contributed by atoms with van der Waals surface area (Å²) in [7, 11) is 0. The Hall–Kier alpha value is -0.360. The summed E-state index contributed by atoms with van der Waals surface area (Å²) in [5, 5.41) is 11.9. The summed E-state index contributed by atoms with van der Waals surface area (Å²) in [4.78, 5) is 24.6. The van der Waals surface area contributed by atoms with E-state index >= 15 is 0 Å². The maximum absolute atomic E-state index is 11.9. The van der Waals surface area contributed by atoms with Crippen molar-refractivity contribution in [2.45, 2.75) is 153 Å². The molecule has 0 aromatic rings.